The van der Waals surface area contributed by atoms with E-state index in [0.29, 0.717) is 11.4 Å². The molecule has 0 heterocycles. The Bertz CT molecular complexity index is 649. The molecular weight excluding hydrogens is 290 g/mol. The molecular formula is C14H15N3O3S. The number of nitro benzene ring substituents is 1. The fourth-order valence-electron chi connectivity index (χ4n) is 1.84. The number of nitrogens with zero attached hydrogens (tertiary/aromatic N) is 1. The number of hydrogen-bond donors (Lipinski definition) is 2. The van der Waals surface area contributed by atoms with E-state index < -0.39 is 4.92 Å². The van der Waals surface area contributed by atoms with Crippen molar-refractivity contribution in [2.24, 2.45) is 5.84 Å². The lowest BCUT2D eigenvalue weighted by Crippen LogP contribution is -2.09. The highest BCUT2D eigenvalue weighted by Gasteiger charge is 2.14. The molecule has 0 aliphatic heterocycles. The summed E-state index contributed by atoms with van der Waals surface area (Å²) < 4.78 is 5.28. The van der Waals surface area contributed by atoms with Gasteiger partial charge in [0.2, 0.25) is 0 Å². The summed E-state index contributed by atoms with van der Waals surface area (Å²) in [5.74, 6) is 6.66. The fraction of sp³-hybridized carbons (Fsp3) is 0.143. The third kappa shape index (κ3) is 3.65. The second-order valence-corrected chi connectivity index (χ2v) is 5.21. The van der Waals surface area contributed by atoms with E-state index in [1.54, 1.807) is 24.9 Å². The molecule has 0 saturated carbocycles. The summed E-state index contributed by atoms with van der Waals surface area (Å²) in [5.41, 5.74) is 3.44. The number of rotatable bonds is 6. The van der Waals surface area contributed by atoms with Crippen LogP contribution in [0.15, 0.2) is 47.4 Å². The smallest absolute Gasteiger partial charge is 0.293 e. The molecule has 110 valence electrons. The monoisotopic (exact) mass is 305 g/mol. The predicted molar refractivity (Wildman–Crippen MR) is 83.5 cm³/mol. The molecule has 0 saturated heterocycles. The fourth-order valence-corrected chi connectivity index (χ4v) is 2.81. The molecule has 0 radical (unpaired) electrons. The molecule has 7 heteroatoms. The molecule has 6 nitrogen and oxygen atoms in total. The molecule has 0 bridgehead atoms. The van der Waals surface area contributed by atoms with Crippen molar-refractivity contribution in [2.45, 2.75) is 10.6 Å². The second-order valence-electron chi connectivity index (χ2n) is 4.19. The predicted octanol–water partition coefficient (Wildman–Crippen LogP) is 3.18. The molecule has 21 heavy (non-hydrogen) atoms. The quantitative estimate of drug-likeness (QED) is 0.369. The molecule has 2 aromatic rings. The number of nitro groups is 1. The largest absolute Gasteiger partial charge is 0.496 e. The summed E-state index contributed by atoms with van der Waals surface area (Å²) in [5, 5.41) is 11.0. The van der Waals surface area contributed by atoms with Crippen LogP contribution >= 0.6 is 11.8 Å². The third-order valence-electron chi connectivity index (χ3n) is 2.88. The van der Waals surface area contributed by atoms with E-state index >= 15 is 0 Å². The van der Waals surface area contributed by atoms with Crippen LogP contribution in [0, 0.1) is 10.1 Å². The number of nitrogens with one attached hydrogen (secondary N) is 1. The van der Waals surface area contributed by atoms with E-state index in [4.69, 9.17) is 10.6 Å². The van der Waals surface area contributed by atoms with Gasteiger partial charge in [-0.05, 0) is 23.8 Å². The van der Waals surface area contributed by atoms with E-state index in [-0.39, 0.29) is 5.69 Å². The van der Waals surface area contributed by atoms with Gasteiger partial charge in [-0.1, -0.05) is 18.2 Å². The van der Waals surface area contributed by atoms with Gasteiger partial charge in [0.15, 0.2) is 0 Å². The van der Waals surface area contributed by atoms with E-state index in [2.05, 4.69) is 5.43 Å². The number of hydrazine groups is 1. The molecule has 0 unspecified atom stereocenters. The van der Waals surface area contributed by atoms with Crippen LogP contribution in [-0.4, -0.2) is 12.0 Å². The van der Waals surface area contributed by atoms with Gasteiger partial charge in [0.25, 0.3) is 5.69 Å². The van der Waals surface area contributed by atoms with Crippen LogP contribution in [0.5, 0.6) is 5.75 Å². The standard InChI is InChI=1S/C14H15N3O3S/c1-20-13-4-2-3-5-14(13)21-9-10-6-7-11(16-15)12(8-10)17(18)19/h2-8,16H,9,15H2,1H3. The van der Waals surface area contributed by atoms with E-state index in [1.165, 1.54) is 6.07 Å². The lowest BCUT2D eigenvalue weighted by atomic mass is 10.2. The maximum Gasteiger partial charge on any atom is 0.293 e. The number of nitrogens with two attached hydrogens (primary N) is 1. The Labute approximate surface area is 126 Å². The number of nitrogen functional groups attached to an aromatic ring is 1. The summed E-state index contributed by atoms with van der Waals surface area (Å²) >= 11 is 1.56. The van der Waals surface area contributed by atoms with Gasteiger partial charge in [0.1, 0.15) is 11.4 Å². The first-order valence-electron chi connectivity index (χ1n) is 6.15. The molecule has 2 aromatic carbocycles. The molecule has 0 fully saturated rings. The van der Waals surface area contributed by atoms with Crippen LogP contribution in [0.25, 0.3) is 0 Å². The molecule has 0 aliphatic rings. The zero-order valence-electron chi connectivity index (χ0n) is 11.4. The van der Waals surface area contributed by atoms with Crippen molar-refractivity contribution in [3.05, 3.63) is 58.1 Å². The summed E-state index contributed by atoms with van der Waals surface area (Å²) in [6, 6.07) is 12.6. The summed E-state index contributed by atoms with van der Waals surface area (Å²) in [4.78, 5) is 11.5. The highest BCUT2D eigenvalue weighted by molar-refractivity contribution is 7.98. The molecule has 0 amide bonds. The maximum absolute atomic E-state index is 11.0. The Hall–Kier alpha value is -2.25. The minimum Gasteiger partial charge on any atom is -0.496 e. The second kappa shape index (κ2) is 6.96. The van der Waals surface area contributed by atoms with Gasteiger partial charge in [-0.15, -0.1) is 11.8 Å². The number of anilines is 1. The van der Waals surface area contributed by atoms with Crippen LogP contribution in [-0.2, 0) is 5.75 Å². The van der Waals surface area contributed by atoms with Gasteiger partial charge < -0.3 is 10.2 Å². The number of para-hydroxylation sites is 1. The zero-order valence-corrected chi connectivity index (χ0v) is 12.2. The van der Waals surface area contributed by atoms with Gasteiger partial charge in [0.05, 0.1) is 12.0 Å². The highest BCUT2D eigenvalue weighted by atomic mass is 32.2. The van der Waals surface area contributed by atoms with Gasteiger partial charge in [-0.2, -0.15) is 0 Å². The molecule has 0 atom stereocenters. The van der Waals surface area contributed by atoms with Crippen molar-refractivity contribution in [3.8, 4) is 5.75 Å². The first-order valence-corrected chi connectivity index (χ1v) is 7.14. The first kappa shape index (κ1) is 15.1. The number of thioether (sulfide) groups is 1. The topological polar surface area (TPSA) is 90.4 Å². The van der Waals surface area contributed by atoms with E-state index in [9.17, 15) is 10.1 Å². The molecule has 2 rings (SSSR count). The van der Waals surface area contributed by atoms with Gasteiger partial charge in [-0.25, -0.2) is 0 Å². The van der Waals surface area contributed by atoms with Gasteiger partial charge in [-0.3, -0.25) is 16.0 Å². The lowest BCUT2D eigenvalue weighted by Gasteiger charge is -2.08. The van der Waals surface area contributed by atoms with Crippen LogP contribution in [0.3, 0.4) is 0 Å². The summed E-state index contributed by atoms with van der Waals surface area (Å²) in [7, 11) is 1.62. The molecule has 0 aliphatic carbocycles. The summed E-state index contributed by atoms with van der Waals surface area (Å²) in [6.45, 7) is 0. The van der Waals surface area contributed by atoms with Crippen LogP contribution in [0.1, 0.15) is 5.56 Å². The number of ether oxygens (including phenoxy) is 1. The number of methoxy groups -OCH3 is 1. The van der Waals surface area contributed by atoms with Crippen LogP contribution < -0.4 is 16.0 Å². The lowest BCUT2D eigenvalue weighted by molar-refractivity contribution is -0.384. The molecule has 0 aromatic heterocycles. The number of benzene rings is 2. The summed E-state index contributed by atoms with van der Waals surface area (Å²) in [6.07, 6.45) is 0. The SMILES string of the molecule is COc1ccccc1SCc1ccc(NN)c([N+](=O)[O-])c1. The normalized spacial score (nSPS) is 10.2. The number of hydrogen-bond acceptors (Lipinski definition) is 6. The van der Waals surface area contributed by atoms with Crippen molar-refractivity contribution in [1.82, 2.24) is 0 Å². The van der Waals surface area contributed by atoms with Crippen molar-refractivity contribution < 1.29 is 9.66 Å². The average Bonchev–Trinajstić information content (AvgIpc) is 2.52. The zero-order chi connectivity index (χ0) is 15.2. The van der Waals surface area contributed by atoms with Gasteiger partial charge in [0, 0.05) is 16.7 Å². The van der Waals surface area contributed by atoms with Crippen molar-refractivity contribution in [1.29, 1.82) is 0 Å². The minimum absolute atomic E-state index is 0.0318. The van der Waals surface area contributed by atoms with Crippen molar-refractivity contribution >= 4 is 23.1 Å². The van der Waals surface area contributed by atoms with Crippen LogP contribution in [0.4, 0.5) is 11.4 Å². The third-order valence-corrected chi connectivity index (χ3v) is 4.00. The van der Waals surface area contributed by atoms with Gasteiger partial charge >= 0.3 is 0 Å². The Morgan fingerprint density at radius 3 is 2.76 bits per heavy atom. The maximum atomic E-state index is 11.0. The van der Waals surface area contributed by atoms with Crippen molar-refractivity contribution in [3.63, 3.8) is 0 Å². The molecule has 0 spiro atoms. The highest BCUT2D eigenvalue weighted by Crippen LogP contribution is 2.33. The first-order chi connectivity index (χ1) is 10.2. The Kier molecular flexibility index (Phi) is 5.02. The Morgan fingerprint density at radius 2 is 2.10 bits per heavy atom. The molecule has 3 N–H and O–H groups in total. The van der Waals surface area contributed by atoms with Crippen molar-refractivity contribution in [2.75, 3.05) is 12.5 Å². The average molecular weight is 305 g/mol. The van der Waals surface area contributed by atoms with E-state index in [0.717, 1.165) is 16.2 Å². The Morgan fingerprint density at radius 1 is 1.33 bits per heavy atom. The van der Waals surface area contributed by atoms with E-state index in [1.807, 2.05) is 30.3 Å². The van der Waals surface area contributed by atoms with Crippen LogP contribution in [0.2, 0.25) is 0 Å². The minimum atomic E-state index is -0.452. The Balaban J connectivity index is 2.17.